The highest BCUT2D eigenvalue weighted by atomic mass is 35.5. The number of carboxylic acids is 1. The van der Waals surface area contributed by atoms with Crippen molar-refractivity contribution >= 4 is 29.2 Å². The van der Waals surface area contributed by atoms with E-state index in [2.05, 4.69) is 0 Å². The SMILES string of the molecule is COC1(Cl)C=CC=C(C(=O)O)C1(Cl)OC. The Balaban J connectivity index is 3.27. The van der Waals surface area contributed by atoms with Gasteiger partial charge in [0.15, 0.2) is 0 Å². The summed E-state index contributed by atoms with van der Waals surface area (Å²) in [5.41, 5.74) is -0.175. The van der Waals surface area contributed by atoms with E-state index in [1.165, 1.54) is 32.4 Å². The van der Waals surface area contributed by atoms with E-state index in [0.29, 0.717) is 0 Å². The van der Waals surface area contributed by atoms with Crippen molar-refractivity contribution in [2.75, 3.05) is 14.2 Å². The largest absolute Gasteiger partial charge is 0.478 e. The molecule has 0 heterocycles. The summed E-state index contributed by atoms with van der Waals surface area (Å²) < 4.78 is 9.95. The summed E-state index contributed by atoms with van der Waals surface area (Å²) in [5.74, 6) is -1.21. The number of aliphatic carboxylic acids is 1. The molecule has 2 atom stereocenters. The van der Waals surface area contributed by atoms with Crippen LogP contribution in [0.1, 0.15) is 0 Å². The molecule has 1 N–H and O–H groups in total. The molecule has 0 saturated carbocycles. The smallest absolute Gasteiger partial charge is 0.336 e. The highest BCUT2D eigenvalue weighted by Gasteiger charge is 2.55. The minimum Gasteiger partial charge on any atom is -0.478 e. The first-order valence-corrected chi connectivity index (χ1v) is 4.78. The number of hydrogen-bond acceptors (Lipinski definition) is 3. The molecule has 0 saturated heterocycles. The number of methoxy groups -OCH3 is 2. The van der Waals surface area contributed by atoms with E-state index in [4.69, 9.17) is 37.8 Å². The molecule has 0 amide bonds. The number of hydrogen-bond donors (Lipinski definition) is 1. The zero-order valence-electron chi connectivity index (χ0n) is 8.16. The number of halogens is 2. The number of carbonyl (C=O) groups is 1. The lowest BCUT2D eigenvalue weighted by Crippen LogP contribution is -2.51. The monoisotopic (exact) mass is 252 g/mol. The highest BCUT2D eigenvalue weighted by Crippen LogP contribution is 2.45. The molecular weight excluding hydrogens is 243 g/mol. The molecule has 1 aliphatic carbocycles. The van der Waals surface area contributed by atoms with Crippen molar-refractivity contribution in [2.24, 2.45) is 0 Å². The zero-order valence-corrected chi connectivity index (χ0v) is 9.67. The van der Waals surface area contributed by atoms with E-state index < -0.39 is 16.1 Å². The molecule has 0 aliphatic heterocycles. The average Bonchev–Trinajstić information content (AvgIpc) is 2.21. The van der Waals surface area contributed by atoms with Crippen molar-refractivity contribution in [3.8, 4) is 0 Å². The molecule has 15 heavy (non-hydrogen) atoms. The van der Waals surface area contributed by atoms with Gasteiger partial charge in [-0.2, -0.15) is 0 Å². The number of ether oxygens (including phenoxy) is 2. The lowest BCUT2D eigenvalue weighted by Gasteiger charge is -2.39. The second-order valence-electron chi connectivity index (χ2n) is 2.89. The molecule has 1 aliphatic rings. The first-order chi connectivity index (χ1) is 6.91. The maximum absolute atomic E-state index is 11.0. The van der Waals surface area contributed by atoms with Crippen molar-refractivity contribution in [1.82, 2.24) is 0 Å². The minimum absolute atomic E-state index is 0.175. The molecule has 0 bridgehead atoms. The molecule has 0 spiro atoms. The second kappa shape index (κ2) is 4.14. The van der Waals surface area contributed by atoms with Crippen molar-refractivity contribution < 1.29 is 19.4 Å². The molecule has 0 radical (unpaired) electrons. The molecule has 1 rings (SSSR count). The summed E-state index contributed by atoms with van der Waals surface area (Å²) in [6, 6.07) is 0. The van der Waals surface area contributed by atoms with E-state index in [0.717, 1.165) is 0 Å². The van der Waals surface area contributed by atoms with Gasteiger partial charge in [0.25, 0.3) is 0 Å². The van der Waals surface area contributed by atoms with Gasteiger partial charge in [-0.3, -0.25) is 0 Å². The Bertz CT molecular complexity index is 339. The van der Waals surface area contributed by atoms with Gasteiger partial charge in [-0.25, -0.2) is 4.79 Å². The van der Waals surface area contributed by atoms with Crippen LogP contribution in [0.2, 0.25) is 0 Å². The predicted octanol–water partition coefficient (Wildman–Crippen LogP) is 1.73. The van der Waals surface area contributed by atoms with Crippen molar-refractivity contribution in [1.29, 1.82) is 0 Å². The predicted molar refractivity (Wildman–Crippen MR) is 56.0 cm³/mol. The zero-order chi connectivity index (χ0) is 11.7. The van der Waals surface area contributed by atoms with Crippen LogP contribution in [0.5, 0.6) is 0 Å². The number of carboxylic acid groups (broad SMARTS) is 1. The molecule has 0 fully saturated rings. The van der Waals surface area contributed by atoms with Gasteiger partial charge in [0.2, 0.25) is 10.1 Å². The maximum Gasteiger partial charge on any atom is 0.336 e. The Hall–Kier alpha value is -0.550. The molecule has 6 heteroatoms. The van der Waals surface area contributed by atoms with E-state index in [1.54, 1.807) is 0 Å². The summed E-state index contributed by atoms with van der Waals surface area (Å²) in [5, 5.41) is 5.67. The van der Waals surface area contributed by atoms with Crippen LogP contribution in [0, 0.1) is 0 Å². The van der Waals surface area contributed by atoms with E-state index in [-0.39, 0.29) is 5.57 Å². The first-order valence-electron chi connectivity index (χ1n) is 4.02. The van der Waals surface area contributed by atoms with Gasteiger partial charge in [0.1, 0.15) is 0 Å². The number of rotatable bonds is 3. The van der Waals surface area contributed by atoms with Crippen molar-refractivity contribution in [3.05, 3.63) is 23.8 Å². The van der Waals surface area contributed by atoms with Crippen LogP contribution in [0.3, 0.4) is 0 Å². The molecule has 0 aromatic carbocycles. The third kappa shape index (κ3) is 1.78. The fourth-order valence-corrected chi connectivity index (χ4v) is 1.86. The number of alkyl halides is 2. The van der Waals surface area contributed by atoms with Crippen LogP contribution >= 0.6 is 23.2 Å². The van der Waals surface area contributed by atoms with Gasteiger partial charge < -0.3 is 14.6 Å². The Morgan fingerprint density at radius 1 is 1.40 bits per heavy atom. The minimum atomic E-state index is -1.75. The lowest BCUT2D eigenvalue weighted by molar-refractivity contribution is -0.137. The van der Waals surface area contributed by atoms with Crippen LogP contribution in [0.4, 0.5) is 0 Å². The average molecular weight is 253 g/mol. The Labute approximate surface area is 97.1 Å². The second-order valence-corrected chi connectivity index (χ2v) is 3.99. The maximum atomic E-state index is 11.0. The summed E-state index contributed by atoms with van der Waals surface area (Å²) in [6.07, 6.45) is 4.20. The Morgan fingerprint density at radius 2 is 2.00 bits per heavy atom. The highest BCUT2D eigenvalue weighted by molar-refractivity contribution is 6.37. The van der Waals surface area contributed by atoms with Crippen LogP contribution in [-0.4, -0.2) is 35.4 Å². The topological polar surface area (TPSA) is 55.8 Å². The van der Waals surface area contributed by atoms with Gasteiger partial charge in [-0.1, -0.05) is 29.3 Å². The van der Waals surface area contributed by atoms with Crippen LogP contribution in [0.15, 0.2) is 23.8 Å². The standard InChI is InChI=1S/C9H10Cl2O4/c1-14-8(10)5-3-4-6(7(12)13)9(8,11)15-2/h3-5H,1-2H3,(H,12,13). The third-order valence-corrected chi connectivity index (χ3v) is 3.45. The van der Waals surface area contributed by atoms with E-state index in [1.807, 2.05) is 0 Å². The van der Waals surface area contributed by atoms with Gasteiger partial charge in [0, 0.05) is 14.2 Å². The molecular formula is C9H10Cl2O4. The van der Waals surface area contributed by atoms with Gasteiger partial charge >= 0.3 is 5.97 Å². The number of allylic oxidation sites excluding steroid dienone is 2. The van der Waals surface area contributed by atoms with Crippen LogP contribution < -0.4 is 0 Å². The summed E-state index contributed by atoms with van der Waals surface area (Å²) in [6.45, 7) is 0. The van der Waals surface area contributed by atoms with Crippen molar-refractivity contribution in [3.63, 3.8) is 0 Å². The molecule has 0 aromatic heterocycles. The lowest BCUT2D eigenvalue weighted by atomic mass is 9.97. The van der Waals surface area contributed by atoms with Crippen LogP contribution in [0.25, 0.3) is 0 Å². The quantitative estimate of drug-likeness (QED) is 0.778. The first kappa shape index (κ1) is 12.5. The summed E-state index contributed by atoms with van der Waals surface area (Å²) in [7, 11) is 2.58. The Morgan fingerprint density at radius 3 is 2.40 bits per heavy atom. The van der Waals surface area contributed by atoms with Crippen LogP contribution in [-0.2, 0) is 14.3 Å². The van der Waals surface area contributed by atoms with Gasteiger partial charge in [-0.15, -0.1) is 0 Å². The van der Waals surface area contributed by atoms with Gasteiger partial charge in [0.05, 0.1) is 5.57 Å². The van der Waals surface area contributed by atoms with Gasteiger partial charge in [-0.05, 0) is 12.2 Å². The molecule has 84 valence electrons. The Kier molecular flexibility index (Phi) is 3.45. The molecule has 0 aromatic rings. The fourth-order valence-electron chi connectivity index (χ4n) is 1.32. The summed E-state index contributed by atoms with van der Waals surface area (Å²) in [4.78, 5) is 11.0. The fraction of sp³-hybridized carbons (Fsp3) is 0.444. The third-order valence-electron chi connectivity index (χ3n) is 2.17. The van der Waals surface area contributed by atoms with E-state index in [9.17, 15) is 4.79 Å². The summed E-state index contributed by atoms with van der Waals surface area (Å²) >= 11 is 12.1. The normalized spacial score (nSPS) is 35.1. The van der Waals surface area contributed by atoms with E-state index >= 15 is 0 Å². The molecule has 2 unspecified atom stereocenters. The van der Waals surface area contributed by atoms with Crippen molar-refractivity contribution in [2.45, 2.75) is 10.1 Å². The molecule has 4 nitrogen and oxygen atoms in total.